The molecular weight excluding hydrogens is 362 g/mol. The summed E-state index contributed by atoms with van der Waals surface area (Å²) in [6.07, 6.45) is 8.96. The molecule has 0 aromatic heterocycles. The Kier molecular flexibility index (Phi) is 7.09. The molecule has 1 aromatic carbocycles. The fourth-order valence-corrected chi connectivity index (χ4v) is 4.70. The number of ether oxygens (including phenoxy) is 1. The predicted molar refractivity (Wildman–Crippen MR) is 119 cm³/mol. The zero-order valence-corrected chi connectivity index (χ0v) is 18.1. The summed E-state index contributed by atoms with van der Waals surface area (Å²) in [5.74, 6) is 1.05. The summed E-state index contributed by atoms with van der Waals surface area (Å²) in [6.45, 7) is 9.37. The Balaban J connectivity index is 1.64. The predicted octanol–water partition coefficient (Wildman–Crippen LogP) is 4.05. The number of anilines is 2. The summed E-state index contributed by atoms with van der Waals surface area (Å²) >= 11 is 0. The summed E-state index contributed by atoms with van der Waals surface area (Å²) in [5, 5.41) is 0. The van der Waals surface area contributed by atoms with Gasteiger partial charge in [-0.05, 0) is 61.9 Å². The van der Waals surface area contributed by atoms with E-state index < -0.39 is 0 Å². The summed E-state index contributed by atoms with van der Waals surface area (Å²) in [4.78, 5) is 19.6. The number of fused-ring (bicyclic) bond motifs is 1. The molecule has 0 atom stereocenters. The molecule has 1 aliphatic carbocycles. The first-order valence-electron chi connectivity index (χ1n) is 11.7. The van der Waals surface area contributed by atoms with E-state index in [2.05, 4.69) is 28.0 Å². The molecular formula is C24H37N3O2. The molecule has 5 heteroatoms. The highest BCUT2D eigenvalue weighted by molar-refractivity contribution is 5.92. The number of carbonyl (C=O) groups excluding carboxylic acids is 1. The van der Waals surface area contributed by atoms with E-state index in [9.17, 15) is 4.79 Å². The van der Waals surface area contributed by atoms with E-state index in [0.717, 1.165) is 57.4 Å². The molecule has 4 rings (SSSR count). The van der Waals surface area contributed by atoms with Gasteiger partial charge in [0.1, 0.15) is 0 Å². The van der Waals surface area contributed by atoms with Crippen molar-refractivity contribution in [2.24, 2.45) is 5.92 Å². The number of carbonyl (C=O) groups is 1. The minimum atomic E-state index is 0.163. The monoisotopic (exact) mass is 399 g/mol. The normalized spacial score (nSPS) is 22.5. The first-order valence-corrected chi connectivity index (χ1v) is 11.7. The molecule has 1 aromatic rings. The number of rotatable bonds is 3. The molecule has 160 valence electrons. The third-order valence-corrected chi connectivity index (χ3v) is 6.57. The topological polar surface area (TPSA) is 36.0 Å². The lowest BCUT2D eigenvalue weighted by Gasteiger charge is -2.32. The van der Waals surface area contributed by atoms with Crippen molar-refractivity contribution in [2.75, 3.05) is 55.7 Å². The van der Waals surface area contributed by atoms with Crippen LogP contribution in [-0.2, 0) is 16.1 Å². The third-order valence-electron chi connectivity index (χ3n) is 6.57. The Morgan fingerprint density at radius 3 is 2.45 bits per heavy atom. The van der Waals surface area contributed by atoms with Gasteiger partial charge < -0.3 is 14.5 Å². The van der Waals surface area contributed by atoms with E-state index in [4.69, 9.17) is 4.74 Å². The minimum Gasteiger partial charge on any atom is -0.378 e. The molecule has 0 bridgehead atoms. The molecule has 29 heavy (non-hydrogen) atoms. The lowest BCUT2D eigenvalue weighted by molar-refractivity contribution is -0.116. The van der Waals surface area contributed by atoms with Crippen LogP contribution in [0.15, 0.2) is 18.2 Å². The maximum Gasteiger partial charge on any atom is 0.223 e. The number of hydrogen-bond donors (Lipinski definition) is 0. The second-order valence-corrected chi connectivity index (χ2v) is 9.03. The Morgan fingerprint density at radius 1 is 1.00 bits per heavy atom. The van der Waals surface area contributed by atoms with Crippen molar-refractivity contribution in [1.82, 2.24) is 4.90 Å². The van der Waals surface area contributed by atoms with Gasteiger partial charge in [-0.2, -0.15) is 0 Å². The second-order valence-electron chi connectivity index (χ2n) is 9.03. The molecule has 1 saturated carbocycles. The summed E-state index contributed by atoms with van der Waals surface area (Å²) in [5.41, 5.74) is 3.70. The molecule has 5 nitrogen and oxygen atoms in total. The molecule has 0 spiro atoms. The van der Waals surface area contributed by atoms with Gasteiger partial charge in [0.2, 0.25) is 5.91 Å². The number of amides is 1. The Bertz CT molecular complexity index is 683. The van der Waals surface area contributed by atoms with Crippen molar-refractivity contribution in [3.63, 3.8) is 0 Å². The Labute approximate surface area is 176 Å². The average Bonchev–Trinajstić information content (AvgIpc) is 3.54. The Hall–Kier alpha value is -1.59. The van der Waals surface area contributed by atoms with Gasteiger partial charge in [-0.15, -0.1) is 0 Å². The molecule has 0 radical (unpaired) electrons. The van der Waals surface area contributed by atoms with Crippen LogP contribution >= 0.6 is 0 Å². The van der Waals surface area contributed by atoms with Gasteiger partial charge in [-0.25, -0.2) is 0 Å². The largest absolute Gasteiger partial charge is 0.378 e. The van der Waals surface area contributed by atoms with E-state index in [1.54, 1.807) is 6.92 Å². The maximum absolute atomic E-state index is 12.5. The number of nitrogens with zero attached hydrogens (tertiary/aromatic N) is 3. The van der Waals surface area contributed by atoms with E-state index in [1.165, 1.54) is 62.9 Å². The summed E-state index contributed by atoms with van der Waals surface area (Å²) < 4.78 is 5.54. The highest BCUT2D eigenvalue weighted by Gasteiger charge is 2.26. The van der Waals surface area contributed by atoms with Gasteiger partial charge in [-0.3, -0.25) is 9.69 Å². The smallest absolute Gasteiger partial charge is 0.223 e. The van der Waals surface area contributed by atoms with Gasteiger partial charge in [0, 0.05) is 51.0 Å². The number of benzene rings is 1. The molecule has 2 heterocycles. The molecule has 0 unspecified atom stereocenters. The second kappa shape index (κ2) is 9.94. The van der Waals surface area contributed by atoms with Crippen molar-refractivity contribution in [3.8, 4) is 0 Å². The molecule has 1 saturated heterocycles. The first kappa shape index (κ1) is 20.7. The van der Waals surface area contributed by atoms with Crippen molar-refractivity contribution in [3.05, 3.63) is 23.8 Å². The lowest BCUT2D eigenvalue weighted by Crippen LogP contribution is -2.37. The highest BCUT2D eigenvalue weighted by Crippen LogP contribution is 2.33. The van der Waals surface area contributed by atoms with Crippen molar-refractivity contribution >= 4 is 17.3 Å². The van der Waals surface area contributed by atoms with Crippen LogP contribution in [0, 0.1) is 5.92 Å². The minimum absolute atomic E-state index is 0.163. The number of morpholine rings is 1. The fourth-order valence-electron chi connectivity index (χ4n) is 4.70. The van der Waals surface area contributed by atoms with Crippen molar-refractivity contribution in [2.45, 2.75) is 58.4 Å². The number of hydrogen-bond acceptors (Lipinski definition) is 4. The lowest BCUT2D eigenvalue weighted by atomic mass is 10.1. The van der Waals surface area contributed by atoms with Crippen LogP contribution < -0.4 is 9.80 Å². The van der Waals surface area contributed by atoms with Crippen LogP contribution in [0.25, 0.3) is 0 Å². The highest BCUT2D eigenvalue weighted by atomic mass is 16.5. The third kappa shape index (κ3) is 5.73. The molecule has 3 aliphatic rings. The first-order chi connectivity index (χ1) is 14.2. The summed E-state index contributed by atoms with van der Waals surface area (Å²) in [7, 11) is 0. The van der Waals surface area contributed by atoms with Crippen LogP contribution in [0.2, 0.25) is 0 Å². The molecule has 1 amide bonds. The standard InChI is InChI=1S/C24H37N3O2/c1-20(28)27-12-6-4-2-3-5-11-25(18-21-7-8-21)19-22-17-23(9-10-24(22)27)26-13-15-29-16-14-26/h9-10,17,21H,2-8,11-16,18-19H2,1H3. The average molecular weight is 400 g/mol. The molecule has 0 N–H and O–H groups in total. The van der Waals surface area contributed by atoms with Crippen molar-refractivity contribution < 1.29 is 9.53 Å². The zero-order chi connectivity index (χ0) is 20.1. The fraction of sp³-hybridized carbons (Fsp3) is 0.708. The Morgan fingerprint density at radius 2 is 1.72 bits per heavy atom. The van der Waals surface area contributed by atoms with E-state index in [1.807, 2.05) is 4.90 Å². The summed E-state index contributed by atoms with van der Waals surface area (Å²) in [6, 6.07) is 6.75. The zero-order valence-electron chi connectivity index (χ0n) is 18.1. The SMILES string of the molecule is CC(=O)N1CCCCCCCN(CC2CC2)Cc2cc(N3CCOCC3)ccc21. The van der Waals surface area contributed by atoms with Crippen LogP contribution in [0.1, 0.15) is 57.4 Å². The van der Waals surface area contributed by atoms with E-state index in [-0.39, 0.29) is 5.91 Å². The van der Waals surface area contributed by atoms with E-state index >= 15 is 0 Å². The van der Waals surface area contributed by atoms with Crippen LogP contribution in [-0.4, -0.2) is 56.7 Å². The van der Waals surface area contributed by atoms with Gasteiger partial charge in [0.05, 0.1) is 13.2 Å². The van der Waals surface area contributed by atoms with Crippen LogP contribution in [0.5, 0.6) is 0 Å². The van der Waals surface area contributed by atoms with Crippen LogP contribution in [0.4, 0.5) is 11.4 Å². The molecule has 2 fully saturated rings. The van der Waals surface area contributed by atoms with Crippen molar-refractivity contribution in [1.29, 1.82) is 0 Å². The maximum atomic E-state index is 12.5. The van der Waals surface area contributed by atoms with Crippen LogP contribution in [0.3, 0.4) is 0 Å². The van der Waals surface area contributed by atoms with Gasteiger partial charge >= 0.3 is 0 Å². The van der Waals surface area contributed by atoms with Gasteiger partial charge in [0.25, 0.3) is 0 Å². The molecule has 2 aliphatic heterocycles. The van der Waals surface area contributed by atoms with E-state index in [0.29, 0.717) is 0 Å². The van der Waals surface area contributed by atoms with Gasteiger partial charge in [-0.1, -0.05) is 19.3 Å². The quantitative estimate of drug-likeness (QED) is 0.768. The van der Waals surface area contributed by atoms with Gasteiger partial charge in [0.15, 0.2) is 0 Å².